The number of rotatable bonds is 4. The molecule has 0 fully saturated rings. The van der Waals surface area contributed by atoms with Crippen molar-refractivity contribution in [2.24, 2.45) is 11.7 Å². The molecule has 1 unspecified atom stereocenters. The molecule has 0 aliphatic rings. The van der Waals surface area contributed by atoms with Crippen molar-refractivity contribution in [1.29, 1.82) is 0 Å². The molecule has 1 atom stereocenters. The number of Topliss-reactive ketones (excluding diaryl/α,β-unsaturated/α-hetero) is 1. The second kappa shape index (κ2) is 4.50. The summed E-state index contributed by atoms with van der Waals surface area (Å²) < 4.78 is 0. The van der Waals surface area contributed by atoms with Gasteiger partial charge in [0.15, 0.2) is 0 Å². The molecule has 0 saturated heterocycles. The van der Waals surface area contributed by atoms with Gasteiger partial charge in [-0.2, -0.15) is 0 Å². The zero-order chi connectivity index (χ0) is 7.28. The molecule has 54 valence electrons. The molecular weight excluding hydrogens is 114 g/mol. The Labute approximate surface area is 56.4 Å². The quantitative estimate of drug-likeness (QED) is 0.614. The molecule has 2 heteroatoms. The van der Waals surface area contributed by atoms with Gasteiger partial charge in [0.1, 0.15) is 5.78 Å². The van der Waals surface area contributed by atoms with E-state index in [1.54, 1.807) is 6.92 Å². The minimum atomic E-state index is 0.204. The summed E-state index contributed by atoms with van der Waals surface area (Å²) in [6.07, 6.45) is 1.76. The fourth-order valence-electron chi connectivity index (χ4n) is 0.896. The predicted octanol–water partition coefficient (Wildman–Crippen LogP) is 0.950. The normalized spacial score (nSPS) is 13.2. The lowest BCUT2D eigenvalue weighted by molar-refractivity contribution is -0.120. The standard InChI is InChI=1S/C7H15NO/c1-3-7(4-5-8)6(2)9/h7H,3-5,8H2,1-2H3. The van der Waals surface area contributed by atoms with Crippen molar-refractivity contribution in [3.05, 3.63) is 0 Å². The number of hydrogen-bond acceptors (Lipinski definition) is 2. The Hall–Kier alpha value is -0.370. The van der Waals surface area contributed by atoms with Crippen LogP contribution in [-0.4, -0.2) is 12.3 Å². The molecule has 0 radical (unpaired) electrons. The predicted molar refractivity (Wildman–Crippen MR) is 38.1 cm³/mol. The van der Waals surface area contributed by atoms with Crippen LogP contribution in [0.1, 0.15) is 26.7 Å². The molecular formula is C7H15NO. The van der Waals surface area contributed by atoms with Gasteiger partial charge in [-0.1, -0.05) is 6.92 Å². The van der Waals surface area contributed by atoms with Crippen LogP contribution in [0.5, 0.6) is 0 Å². The van der Waals surface area contributed by atoms with Crippen LogP contribution in [0.15, 0.2) is 0 Å². The third-order valence-corrected chi connectivity index (χ3v) is 1.58. The van der Waals surface area contributed by atoms with E-state index in [9.17, 15) is 4.79 Å². The molecule has 0 aromatic heterocycles. The van der Waals surface area contributed by atoms with E-state index in [0.29, 0.717) is 6.54 Å². The van der Waals surface area contributed by atoms with Gasteiger partial charge >= 0.3 is 0 Å². The monoisotopic (exact) mass is 129 g/mol. The lowest BCUT2D eigenvalue weighted by atomic mass is 9.99. The summed E-state index contributed by atoms with van der Waals surface area (Å²) in [7, 11) is 0. The highest BCUT2D eigenvalue weighted by molar-refractivity contribution is 5.78. The summed E-state index contributed by atoms with van der Waals surface area (Å²) in [6.45, 7) is 4.27. The second-order valence-corrected chi connectivity index (χ2v) is 2.29. The summed E-state index contributed by atoms with van der Waals surface area (Å²) >= 11 is 0. The fraction of sp³-hybridized carbons (Fsp3) is 0.857. The molecule has 2 nitrogen and oxygen atoms in total. The van der Waals surface area contributed by atoms with Gasteiger partial charge in [0.2, 0.25) is 0 Å². The highest BCUT2D eigenvalue weighted by atomic mass is 16.1. The van der Waals surface area contributed by atoms with Gasteiger partial charge in [0.05, 0.1) is 0 Å². The Kier molecular flexibility index (Phi) is 4.32. The molecule has 0 bridgehead atoms. The van der Waals surface area contributed by atoms with Gasteiger partial charge in [-0.3, -0.25) is 4.79 Å². The highest BCUT2D eigenvalue weighted by Gasteiger charge is 2.08. The largest absolute Gasteiger partial charge is 0.330 e. The number of carbonyl (C=O) groups excluding carboxylic acids is 1. The molecule has 9 heavy (non-hydrogen) atoms. The zero-order valence-corrected chi connectivity index (χ0v) is 6.18. The van der Waals surface area contributed by atoms with E-state index in [0.717, 1.165) is 12.8 Å². The first-order valence-electron chi connectivity index (χ1n) is 3.42. The Bertz CT molecular complexity index is 90.9. The van der Waals surface area contributed by atoms with Gasteiger partial charge in [-0.05, 0) is 26.3 Å². The summed E-state index contributed by atoms with van der Waals surface area (Å²) in [5.74, 6) is 0.470. The molecule has 0 heterocycles. The Morgan fingerprint density at radius 1 is 1.67 bits per heavy atom. The SMILES string of the molecule is CCC(CCN)C(C)=O. The van der Waals surface area contributed by atoms with Gasteiger partial charge in [-0.25, -0.2) is 0 Å². The van der Waals surface area contributed by atoms with E-state index in [1.807, 2.05) is 6.92 Å². The number of ketones is 1. The van der Waals surface area contributed by atoms with E-state index in [1.165, 1.54) is 0 Å². The molecule has 0 aliphatic carbocycles. The van der Waals surface area contributed by atoms with Gasteiger partial charge in [0, 0.05) is 5.92 Å². The molecule has 0 aliphatic heterocycles. The molecule has 0 spiro atoms. The van der Waals surface area contributed by atoms with E-state index >= 15 is 0 Å². The Morgan fingerprint density at radius 3 is 2.33 bits per heavy atom. The average Bonchev–Trinajstić information content (AvgIpc) is 1.82. The van der Waals surface area contributed by atoms with Gasteiger partial charge in [-0.15, -0.1) is 0 Å². The summed E-state index contributed by atoms with van der Waals surface area (Å²) in [5, 5.41) is 0. The summed E-state index contributed by atoms with van der Waals surface area (Å²) in [6, 6.07) is 0. The third-order valence-electron chi connectivity index (χ3n) is 1.58. The highest BCUT2D eigenvalue weighted by Crippen LogP contribution is 2.06. The van der Waals surface area contributed by atoms with Crippen molar-refractivity contribution >= 4 is 5.78 Å². The maximum absolute atomic E-state index is 10.7. The van der Waals surface area contributed by atoms with E-state index in [2.05, 4.69) is 0 Å². The van der Waals surface area contributed by atoms with Crippen molar-refractivity contribution in [2.45, 2.75) is 26.7 Å². The first-order chi connectivity index (χ1) is 4.22. The van der Waals surface area contributed by atoms with E-state index in [4.69, 9.17) is 5.73 Å². The number of nitrogens with two attached hydrogens (primary N) is 1. The maximum atomic E-state index is 10.7. The van der Waals surface area contributed by atoms with Crippen LogP contribution in [0, 0.1) is 5.92 Å². The van der Waals surface area contributed by atoms with Crippen LogP contribution >= 0.6 is 0 Å². The maximum Gasteiger partial charge on any atom is 0.132 e. The molecule has 0 saturated carbocycles. The van der Waals surface area contributed by atoms with Crippen LogP contribution < -0.4 is 5.73 Å². The van der Waals surface area contributed by atoms with Gasteiger partial charge in [0.25, 0.3) is 0 Å². The number of hydrogen-bond donors (Lipinski definition) is 1. The second-order valence-electron chi connectivity index (χ2n) is 2.29. The van der Waals surface area contributed by atoms with Crippen LogP contribution in [0.2, 0.25) is 0 Å². The lowest BCUT2D eigenvalue weighted by Crippen LogP contribution is -2.14. The third kappa shape index (κ3) is 3.25. The average molecular weight is 129 g/mol. The van der Waals surface area contributed by atoms with Crippen molar-refractivity contribution in [1.82, 2.24) is 0 Å². The minimum Gasteiger partial charge on any atom is -0.330 e. The topological polar surface area (TPSA) is 43.1 Å². The van der Waals surface area contributed by atoms with Crippen molar-refractivity contribution in [2.75, 3.05) is 6.54 Å². The van der Waals surface area contributed by atoms with Crippen LogP contribution in [0.25, 0.3) is 0 Å². The summed E-state index contributed by atoms with van der Waals surface area (Å²) in [5.41, 5.74) is 5.29. The van der Waals surface area contributed by atoms with Crippen LogP contribution in [-0.2, 0) is 4.79 Å². The smallest absolute Gasteiger partial charge is 0.132 e. The van der Waals surface area contributed by atoms with E-state index < -0.39 is 0 Å². The fourth-order valence-corrected chi connectivity index (χ4v) is 0.896. The lowest BCUT2D eigenvalue weighted by Gasteiger charge is -2.07. The molecule has 0 rings (SSSR count). The van der Waals surface area contributed by atoms with Crippen molar-refractivity contribution < 1.29 is 4.79 Å². The first-order valence-corrected chi connectivity index (χ1v) is 3.42. The zero-order valence-electron chi connectivity index (χ0n) is 6.18. The molecule has 0 aromatic carbocycles. The first kappa shape index (κ1) is 8.63. The van der Waals surface area contributed by atoms with E-state index in [-0.39, 0.29) is 11.7 Å². The molecule has 0 aromatic rings. The molecule has 0 amide bonds. The van der Waals surface area contributed by atoms with Crippen molar-refractivity contribution in [3.63, 3.8) is 0 Å². The van der Waals surface area contributed by atoms with Crippen molar-refractivity contribution in [3.8, 4) is 0 Å². The number of carbonyl (C=O) groups is 1. The summed E-state index contributed by atoms with van der Waals surface area (Å²) in [4.78, 5) is 10.7. The van der Waals surface area contributed by atoms with Gasteiger partial charge < -0.3 is 5.73 Å². The molecule has 2 N–H and O–H groups in total. The van der Waals surface area contributed by atoms with Crippen LogP contribution in [0.4, 0.5) is 0 Å². The minimum absolute atomic E-state index is 0.204. The Balaban J connectivity index is 3.54. The van der Waals surface area contributed by atoms with Crippen LogP contribution in [0.3, 0.4) is 0 Å². The Morgan fingerprint density at radius 2 is 2.22 bits per heavy atom.